The molecule has 1 aliphatic rings. The molecule has 0 bridgehead atoms. The molecule has 6 heteroatoms. The van der Waals surface area contributed by atoms with Gasteiger partial charge in [-0.2, -0.15) is 10.1 Å². The van der Waals surface area contributed by atoms with Crippen LogP contribution in [0.4, 0.5) is 5.69 Å². The lowest BCUT2D eigenvalue weighted by atomic mass is 10.1. The van der Waals surface area contributed by atoms with E-state index in [1.807, 2.05) is 24.3 Å². The fraction of sp³-hybridized carbons (Fsp3) is 0.0588. The Balaban J connectivity index is 1.89. The number of hydrogen-bond donors (Lipinski definition) is 2. The Morgan fingerprint density at radius 2 is 1.78 bits per heavy atom. The third-order valence-corrected chi connectivity index (χ3v) is 4.03. The highest BCUT2D eigenvalue weighted by molar-refractivity contribution is 7.97. The van der Waals surface area contributed by atoms with E-state index in [-0.39, 0.29) is 11.7 Å². The summed E-state index contributed by atoms with van der Waals surface area (Å²) in [6.07, 6.45) is 1.77. The average Bonchev–Trinajstić information content (AvgIpc) is 2.85. The summed E-state index contributed by atoms with van der Waals surface area (Å²) in [7, 11) is 0. The molecule has 0 spiro atoms. The van der Waals surface area contributed by atoms with Crippen molar-refractivity contribution in [3.8, 4) is 5.75 Å². The van der Waals surface area contributed by atoms with Crippen LogP contribution in [0, 0.1) is 0 Å². The Hall–Kier alpha value is -2.57. The zero-order chi connectivity index (χ0) is 16.4. The van der Waals surface area contributed by atoms with Gasteiger partial charge in [0.2, 0.25) is 0 Å². The minimum Gasteiger partial charge on any atom is -0.508 e. The maximum atomic E-state index is 12.6. The number of phenolic OH excluding ortho intramolecular Hbond substituents is 1. The summed E-state index contributed by atoms with van der Waals surface area (Å²) in [6, 6.07) is 14.0. The number of nitrogens with two attached hydrogens (primary N) is 1. The van der Waals surface area contributed by atoms with Crippen LogP contribution in [-0.2, 0) is 4.79 Å². The molecule has 1 aliphatic heterocycles. The van der Waals surface area contributed by atoms with Gasteiger partial charge in [0, 0.05) is 4.90 Å². The van der Waals surface area contributed by atoms with Gasteiger partial charge in [-0.15, -0.1) is 0 Å². The summed E-state index contributed by atoms with van der Waals surface area (Å²) in [6.45, 7) is 1.80. The van der Waals surface area contributed by atoms with Crippen LogP contribution in [0.5, 0.6) is 5.75 Å². The van der Waals surface area contributed by atoms with Gasteiger partial charge in [0.1, 0.15) is 5.75 Å². The van der Waals surface area contributed by atoms with Gasteiger partial charge < -0.3 is 5.11 Å². The third-order valence-electron chi connectivity index (χ3n) is 3.48. The van der Waals surface area contributed by atoms with Gasteiger partial charge in [-0.3, -0.25) is 9.93 Å². The number of rotatable bonds is 3. The number of anilines is 1. The lowest BCUT2D eigenvalue weighted by Crippen LogP contribution is -2.21. The van der Waals surface area contributed by atoms with E-state index in [2.05, 4.69) is 5.10 Å². The first-order valence-corrected chi connectivity index (χ1v) is 7.84. The molecule has 0 aliphatic carbocycles. The van der Waals surface area contributed by atoms with Gasteiger partial charge in [-0.05, 0) is 66.9 Å². The highest BCUT2D eigenvalue weighted by Crippen LogP contribution is 2.26. The van der Waals surface area contributed by atoms with Crippen molar-refractivity contribution >= 4 is 35.3 Å². The average molecular weight is 325 g/mol. The predicted molar refractivity (Wildman–Crippen MR) is 93.2 cm³/mol. The number of aromatic hydroxyl groups is 1. The predicted octanol–water partition coefficient (Wildman–Crippen LogP) is 3.16. The molecule has 0 saturated heterocycles. The number of nitrogens with zero attached hydrogens (tertiary/aromatic N) is 2. The van der Waals surface area contributed by atoms with Crippen LogP contribution in [0.1, 0.15) is 12.5 Å². The number of amides is 1. The molecule has 0 fully saturated rings. The number of hydrazone groups is 1. The number of benzene rings is 2. The van der Waals surface area contributed by atoms with Crippen molar-refractivity contribution in [2.75, 3.05) is 5.01 Å². The molecule has 0 radical (unpaired) electrons. The maximum absolute atomic E-state index is 12.6. The van der Waals surface area contributed by atoms with E-state index < -0.39 is 0 Å². The van der Waals surface area contributed by atoms with Crippen molar-refractivity contribution in [3.05, 3.63) is 59.7 Å². The molecular formula is C17H15N3O2S. The van der Waals surface area contributed by atoms with Crippen molar-refractivity contribution < 1.29 is 9.90 Å². The van der Waals surface area contributed by atoms with E-state index in [4.69, 9.17) is 5.14 Å². The number of hydrogen-bond acceptors (Lipinski definition) is 5. The summed E-state index contributed by atoms with van der Waals surface area (Å²) in [4.78, 5) is 13.5. The second-order valence-electron chi connectivity index (χ2n) is 5.06. The van der Waals surface area contributed by atoms with Crippen molar-refractivity contribution in [3.63, 3.8) is 0 Å². The lowest BCUT2D eigenvalue weighted by molar-refractivity contribution is -0.114. The standard InChI is InChI=1S/C17H15N3O2S/c1-11-16(10-12-2-6-14(21)7-3-12)17(22)20(19-11)13-4-8-15(23-18)9-5-13/h2-10,21H,18H2,1H3/b16-10-. The zero-order valence-corrected chi connectivity index (χ0v) is 13.2. The van der Waals surface area contributed by atoms with Gasteiger partial charge >= 0.3 is 0 Å². The minimum atomic E-state index is -0.177. The quantitative estimate of drug-likeness (QED) is 0.671. The Kier molecular flexibility index (Phi) is 4.18. The van der Waals surface area contributed by atoms with E-state index in [1.165, 1.54) is 5.01 Å². The first-order chi connectivity index (χ1) is 11.1. The van der Waals surface area contributed by atoms with Crippen LogP contribution in [0.3, 0.4) is 0 Å². The molecule has 0 unspecified atom stereocenters. The third kappa shape index (κ3) is 3.13. The van der Waals surface area contributed by atoms with E-state index in [9.17, 15) is 9.90 Å². The van der Waals surface area contributed by atoms with Crippen LogP contribution in [0.2, 0.25) is 0 Å². The number of phenols is 1. The van der Waals surface area contributed by atoms with E-state index in [1.54, 1.807) is 37.3 Å². The van der Waals surface area contributed by atoms with E-state index in [0.29, 0.717) is 17.0 Å². The van der Waals surface area contributed by atoms with Crippen LogP contribution in [0.25, 0.3) is 6.08 Å². The van der Waals surface area contributed by atoms with Crippen molar-refractivity contribution in [1.29, 1.82) is 0 Å². The van der Waals surface area contributed by atoms with Crippen LogP contribution in [0.15, 0.2) is 64.1 Å². The second-order valence-corrected chi connectivity index (χ2v) is 5.77. The molecule has 2 aromatic carbocycles. The minimum absolute atomic E-state index is 0.177. The largest absolute Gasteiger partial charge is 0.508 e. The molecular weight excluding hydrogens is 310 g/mol. The normalized spacial score (nSPS) is 16.1. The molecule has 0 saturated carbocycles. The molecule has 3 rings (SSSR count). The Labute approximate surface area is 138 Å². The summed E-state index contributed by atoms with van der Waals surface area (Å²) in [5.74, 6) is 0.0125. The lowest BCUT2D eigenvalue weighted by Gasteiger charge is -2.11. The topological polar surface area (TPSA) is 78.9 Å². The van der Waals surface area contributed by atoms with Crippen LogP contribution >= 0.6 is 11.9 Å². The van der Waals surface area contributed by atoms with E-state index in [0.717, 1.165) is 22.4 Å². The summed E-state index contributed by atoms with van der Waals surface area (Å²) in [5, 5.41) is 20.5. The molecule has 2 aromatic rings. The second kappa shape index (κ2) is 6.28. The summed E-state index contributed by atoms with van der Waals surface area (Å²) >= 11 is 1.15. The fourth-order valence-electron chi connectivity index (χ4n) is 2.26. The van der Waals surface area contributed by atoms with Crippen molar-refractivity contribution in [2.45, 2.75) is 11.8 Å². The Morgan fingerprint density at radius 3 is 2.39 bits per heavy atom. The van der Waals surface area contributed by atoms with Gasteiger partial charge in [-0.25, -0.2) is 0 Å². The van der Waals surface area contributed by atoms with Crippen LogP contribution < -0.4 is 10.1 Å². The van der Waals surface area contributed by atoms with E-state index >= 15 is 0 Å². The number of carbonyl (C=O) groups excluding carboxylic acids is 1. The highest BCUT2D eigenvalue weighted by Gasteiger charge is 2.28. The maximum Gasteiger partial charge on any atom is 0.280 e. The molecule has 5 nitrogen and oxygen atoms in total. The van der Waals surface area contributed by atoms with Crippen LogP contribution in [-0.4, -0.2) is 16.7 Å². The first kappa shape index (κ1) is 15.3. The molecule has 1 amide bonds. The first-order valence-electron chi connectivity index (χ1n) is 6.96. The zero-order valence-electron chi connectivity index (χ0n) is 12.4. The molecule has 116 valence electrons. The Bertz CT molecular complexity index is 796. The summed E-state index contributed by atoms with van der Waals surface area (Å²) in [5.41, 5.74) is 2.71. The monoisotopic (exact) mass is 325 g/mol. The molecule has 0 aromatic heterocycles. The van der Waals surface area contributed by atoms with Gasteiger partial charge in [0.05, 0.1) is 17.0 Å². The molecule has 0 atom stereocenters. The highest BCUT2D eigenvalue weighted by atomic mass is 32.2. The van der Waals surface area contributed by atoms with Gasteiger partial charge in [-0.1, -0.05) is 12.1 Å². The fourth-order valence-corrected chi connectivity index (χ4v) is 2.56. The smallest absolute Gasteiger partial charge is 0.280 e. The van der Waals surface area contributed by atoms with Crippen molar-refractivity contribution in [2.24, 2.45) is 10.2 Å². The summed E-state index contributed by atoms with van der Waals surface area (Å²) < 4.78 is 0. The number of carbonyl (C=O) groups is 1. The molecule has 3 N–H and O–H groups in total. The molecule has 23 heavy (non-hydrogen) atoms. The van der Waals surface area contributed by atoms with Gasteiger partial charge in [0.15, 0.2) is 0 Å². The van der Waals surface area contributed by atoms with Crippen molar-refractivity contribution in [1.82, 2.24) is 0 Å². The molecule has 1 heterocycles. The SMILES string of the molecule is CC1=NN(c2ccc(SN)cc2)C(=O)/C1=C\c1ccc(O)cc1. The van der Waals surface area contributed by atoms with Gasteiger partial charge in [0.25, 0.3) is 5.91 Å². The Morgan fingerprint density at radius 1 is 1.13 bits per heavy atom.